The molecule has 3 nitrogen and oxygen atoms in total. The Morgan fingerprint density at radius 1 is 0.468 bits per heavy atom. The van der Waals surface area contributed by atoms with Crippen LogP contribution in [0.3, 0.4) is 0 Å². The zero-order valence-electron chi connectivity index (χ0n) is 23.4. The van der Waals surface area contributed by atoms with Crippen molar-refractivity contribution in [2.24, 2.45) is 0 Å². The number of alkyl halides is 12. The molecule has 0 atom stereocenters. The normalized spacial score (nSPS) is 12.4. The molecule has 4 aromatic carbocycles. The van der Waals surface area contributed by atoms with E-state index in [0.29, 0.717) is 12.0 Å². The molecule has 0 bridgehead atoms. The van der Waals surface area contributed by atoms with Crippen LogP contribution in [0.2, 0.25) is 0 Å². The van der Waals surface area contributed by atoms with Crippen molar-refractivity contribution in [1.29, 1.82) is 0 Å². The number of rotatable bonds is 9. The summed E-state index contributed by atoms with van der Waals surface area (Å²) in [4.78, 5) is 0. The molecule has 0 aromatic heterocycles. The minimum absolute atomic E-state index is 0.128. The lowest BCUT2D eigenvalue weighted by atomic mass is 10.0. The van der Waals surface area contributed by atoms with Gasteiger partial charge >= 0.3 is 32.0 Å². The van der Waals surface area contributed by atoms with Crippen LogP contribution in [-0.2, 0) is 31.1 Å². The quantitative estimate of drug-likeness (QED) is 0.130. The van der Waals surface area contributed by atoms with E-state index in [0.717, 1.165) is 11.1 Å². The van der Waals surface area contributed by atoms with Gasteiger partial charge in [0.15, 0.2) is 0 Å². The maximum Gasteiger partial charge on any atom is 0.864 e. The molecule has 0 saturated heterocycles. The van der Waals surface area contributed by atoms with Gasteiger partial charge in [-0.05, 0) is 71.6 Å². The SMILES string of the molecule is C=Cc1ccc(Cc2ccc(OB(Oc3cc(C(F)(F)F)cc(C(F)(F)F)c3)Oc3cc(C(F)(F)F)cc(C(F)(F)F)c3)cc2)cc1. The molecule has 16 heteroatoms. The topological polar surface area (TPSA) is 27.7 Å². The van der Waals surface area contributed by atoms with Crippen LogP contribution in [0.15, 0.2) is 91.5 Å². The predicted molar refractivity (Wildman–Crippen MR) is 146 cm³/mol. The second-order valence-corrected chi connectivity index (χ2v) is 9.89. The van der Waals surface area contributed by atoms with E-state index in [-0.39, 0.29) is 42.1 Å². The first-order valence-electron chi connectivity index (χ1n) is 13.1. The van der Waals surface area contributed by atoms with Crippen LogP contribution in [0.25, 0.3) is 6.08 Å². The Labute approximate surface area is 259 Å². The van der Waals surface area contributed by atoms with Crippen LogP contribution < -0.4 is 14.0 Å². The van der Waals surface area contributed by atoms with Gasteiger partial charge in [0.25, 0.3) is 0 Å². The van der Waals surface area contributed by atoms with Crippen molar-refractivity contribution < 1.29 is 66.6 Å². The molecule has 0 saturated carbocycles. The summed E-state index contributed by atoms with van der Waals surface area (Å²) in [6, 6.07) is 12.9. The van der Waals surface area contributed by atoms with Crippen molar-refractivity contribution in [3.63, 3.8) is 0 Å². The predicted octanol–water partition coefficient (Wildman–Crippen LogP) is 10.5. The van der Waals surface area contributed by atoms with Gasteiger partial charge in [-0.25, -0.2) is 0 Å². The average Bonchev–Trinajstić information content (AvgIpc) is 2.96. The molecular weight excluding hydrogens is 659 g/mol. The van der Waals surface area contributed by atoms with E-state index in [1.807, 2.05) is 24.3 Å². The van der Waals surface area contributed by atoms with Crippen LogP contribution in [0.4, 0.5) is 52.7 Å². The molecule has 0 aliphatic carbocycles. The average molecular weight is 678 g/mol. The summed E-state index contributed by atoms with van der Waals surface area (Å²) in [5.41, 5.74) is -4.81. The van der Waals surface area contributed by atoms with E-state index in [1.54, 1.807) is 6.08 Å². The first kappa shape index (κ1) is 35.1. The molecular formula is C31H19BF12O3. The summed E-state index contributed by atoms with van der Waals surface area (Å²) in [6.45, 7) is 3.66. The van der Waals surface area contributed by atoms with Gasteiger partial charge in [0.1, 0.15) is 17.2 Å². The van der Waals surface area contributed by atoms with Crippen molar-refractivity contribution in [3.05, 3.63) is 130 Å². The molecule has 4 aromatic rings. The smallest absolute Gasteiger partial charge is 0.490 e. The minimum atomic E-state index is -5.30. The summed E-state index contributed by atoms with van der Waals surface area (Å²) in [5, 5.41) is 0. The van der Waals surface area contributed by atoms with Crippen molar-refractivity contribution in [1.82, 2.24) is 0 Å². The number of hydrogen-bond acceptors (Lipinski definition) is 3. The fourth-order valence-corrected chi connectivity index (χ4v) is 4.09. The van der Waals surface area contributed by atoms with Crippen LogP contribution in [0.1, 0.15) is 38.9 Å². The maximum atomic E-state index is 13.4. The first-order valence-corrected chi connectivity index (χ1v) is 13.1. The molecule has 4 rings (SSSR count). The largest absolute Gasteiger partial charge is 0.864 e. The van der Waals surface area contributed by atoms with Gasteiger partial charge in [-0.15, -0.1) is 0 Å². The fraction of sp³-hybridized carbons (Fsp3) is 0.161. The summed E-state index contributed by atoms with van der Waals surface area (Å²) in [5.74, 6) is -2.55. The summed E-state index contributed by atoms with van der Waals surface area (Å²) in [7, 11) is -2.48. The van der Waals surface area contributed by atoms with Crippen LogP contribution >= 0.6 is 0 Å². The van der Waals surface area contributed by atoms with Gasteiger partial charge in [-0.3, -0.25) is 0 Å². The van der Waals surface area contributed by atoms with Crippen molar-refractivity contribution in [2.75, 3.05) is 0 Å². The molecule has 0 aliphatic heterocycles. The molecule has 0 heterocycles. The highest BCUT2D eigenvalue weighted by Gasteiger charge is 2.41. The Bertz CT molecular complexity index is 1550. The van der Waals surface area contributed by atoms with Gasteiger partial charge in [0.05, 0.1) is 22.3 Å². The first-order chi connectivity index (χ1) is 21.7. The summed E-state index contributed by atoms with van der Waals surface area (Å²) >= 11 is 0. The molecule has 0 spiro atoms. The van der Waals surface area contributed by atoms with Gasteiger partial charge < -0.3 is 14.0 Å². The molecule has 47 heavy (non-hydrogen) atoms. The lowest BCUT2D eigenvalue weighted by Gasteiger charge is -2.20. The van der Waals surface area contributed by atoms with E-state index in [2.05, 4.69) is 6.58 Å². The Balaban J connectivity index is 1.71. The Morgan fingerprint density at radius 3 is 1.11 bits per heavy atom. The van der Waals surface area contributed by atoms with E-state index in [1.165, 1.54) is 24.3 Å². The highest BCUT2D eigenvalue weighted by atomic mass is 19.4. The third kappa shape index (κ3) is 9.62. The standard InChI is InChI=1S/C31H19BF12O3/c1-2-18-3-5-19(6-4-18)11-20-7-9-25(10-8-20)45-32(46-26-14-21(28(33,34)35)12-22(15-26)29(36,37)38)47-27-16-23(30(39,40)41)13-24(17-27)31(42,43)44/h2-10,12-17H,1,11H2. The van der Waals surface area contributed by atoms with Gasteiger partial charge in [-0.2, -0.15) is 52.7 Å². The number of benzene rings is 4. The Kier molecular flexibility index (Phi) is 9.83. The lowest BCUT2D eigenvalue weighted by Crippen LogP contribution is -2.37. The fourth-order valence-electron chi connectivity index (χ4n) is 4.09. The summed E-state index contributed by atoms with van der Waals surface area (Å²) in [6.07, 6.45) is -19.2. The Hall–Kier alpha value is -4.76. The molecule has 0 amide bonds. The van der Waals surface area contributed by atoms with E-state index >= 15 is 0 Å². The van der Waals surface area contributed by atoms with Crippen LogP contribution in [-0.4, -0.2) is 7.32 Å². The molecule has 248 valence electrons. The highest BCUT2D eigenvalue weighted by molar-refractivity contribution is 6.39. The highest BCUT2D eigenvalue weighted by Crippen LogP contribution is 2.40. The zero-order chi connectivity index (χ0) is 34.8. The summed E-state index contributed by atoms with van der Waals surface area (Å²) < 4.78 is 176. The molecule has 0 radical (unpaired) electrons. The molecule has 0 aliphatic rings. The molecule has 0 fully saturated rings. The lowest BCUT2D eigenvalue weighted by molar-refractivity contribution is -0.144. The maximum absolute atomic E-state index is 13.4. The third-order valence-corrected chi connectivity index (χ3v) is 6.37. The molecule has 0 unspecified atom stereocenters. The van der Waals surface area contributed by atoms with Crippen molar-refractivity contribution >= 4 is 13.4 Å². The van der Waals surface area contributed by atoms with E-state index < -0.39 is 65.8 Å². The monoisotopic (exact) mass is 678 g/mol. The van der Waals surface area contributed by atoms with E-state index in [4.69, 9.17) is 14.0 Å². The second-order valence-electron chi connectivity index (χ2n) is 9.89. The van der Waals surface area contributed by atoms with Crippen LogP contribution in [0.5, 0.6) is 17.2 Å². The number of halogens is 12. The van der Waals surface area contributed by atoms with Gasteiger partial charge in [-0.1, -0.05) is 49.1 Å². The van der Waals surface area contributed by atoms with Crippen LogP contribution in [0, 0.1) is 0 Å². The minimum Gasteiger partial charge on any atom is -0.490 e. The third-order valence-electron chi connectivity index (χ3n) is 6.37. The number of hydrogen-bond donors (Lipinski definition) is 0. The van der Waals surface area contributed by atoms with E-state index in [9.17, 15) is 52.7 Å². The Morgan fingerprint density at radius 2 is 0.787 bits per heavy atom. The van der Waals surface area contributed by atoms with Gasteiger partial charge in [0.2, 0.25) is 0 Å². The van der Waals surface area contributed by atoms with Crippen molar-refractivity contribution in [2.45, 2.75) is 31.1 Å². The zero-order valence-corrected chi connectivity index (χ0v) is 23.4. The van der Waals surface area contributed by atoms with Gasteiger partial charge in [0, 0.05) is 0 Å². The second kappa shape index (κ2) is 13.2. The molecule has 0 N–H and O–H groups in total. The van der Waals surface area contributed by atoms with Crippen molar-refractivity contribution in [3.8, 4) is 17.2 Å².